The molecule has 3 aromatic rings. The number of carboxylic acids is 1. The molecule has 2 heterocycles. The summed E-state index contributed by atoms with van der Waals surface area (Å²) >= 11 is 6.62. The minimum Gasteiger partial charge on any atom is -0.493 e. The van der Waals surface area contributed by atoms with Gasteiger partial charge < -0.3 is 29.2 Å². The third-order valence-corrected chi connectivity index (χ3v) is 7.46. The molecule has 1 unspecified atom stereocenters. The van der Waals surface area contributed by atoms with Gasteiger partial charge in [0.15, 0.2) is 11.5 Å². The fraction of sp³-hybridized carbons (Fsp3) is 0.281. The first kappa shape index (κ1) is 30.8. The van der Waals surface area contributed by atoms with Crippen molar-refractivity contribution in [3.05, 3.63) is 110 Å². The number of aromatic nitrogens is 1. The molecule has 5 rings (SSSR count). The van der Waals surface area contributed by atoms with Crippen molar-refractivity contribution >= 4 is 17.6 Å². The molecule has 228 valence electrons. The van der Waals surface area contributed by atoms with Gasteiger partial charge in [0.1, 0.15) is 37.7 Å². The number of aliphatic hydroxyl groups is 1. The van der Waals surface area contributed by atoms with Crippen LogP contribution in [0.2, 0.25) is 0 Å². The molecule has 12 heteroatoms. The van der Waals surface area contributed by atoms with Gasteiger partial charge in [-0.25, -0.2) is 0 Å². The zero-order chi connectivity index (χ0) is 31.1. The Morgan fingerprint density at radius 1 is 1.14 bits per heavy atom. The number of benzene rings is 2. The van der Waals surface area contributed by atoms with Crippen LogP contribution in [0.25, 0.3) is 5.69 Å². The molecule has 11 nitrogen and oxygen atoms in total. The van der Waals surface area contributed by atoms with E-state index < -0.39 is 24.7 Å². The van der Waals surface area contributed by atoms with Gasteiger partial charge in [-0.3, -0.25) is 19.5 Å². The lowest BCUT2D eigenvalue weighted by Crippen LogP contribution is -2.41. The number of nitrogens with one attached hydrogen (secondary N) is 1. The molecule has 1 aromatic heterocycles. The van der Waals surface area contributed by atoms with Crippen molar-refractivity contribution in [2.24, 2.45) is 0 Å². The number of aliphatic carboxylic acids is 1. The van der Waals surface area contributed by atoms with Crippen molar-refractivity contribution in [3.8, 4) is 23.3 Å². The van der Waals surface area contributed by atoms with Gasteiger partial charge in [-0.1, -0.05) is 23.7 Å². The second-order valence-electron chi connectivity index (χ2n) is 10.1. The summed E-state index contributed by atoms with van der Waals surface area (Å²) in [6.45, 7) is 0.484. The van der Waals surface area contributed by atoms with Gasteiger partial charge >= 0.3 is 5.97 Å². The van der Waals surface area contributed by atoms with Crippen LogP contribution in [-0.2, 0) is 27.5 Å². The third-order valence-electron chi connectivity index (χ3n) is 7.11. The molecule has 2 aromatic carbocycles. The number of carboxylic acid groups (broad SMARTS) is 1. The zero-order valence-corrected chi connectivity index (χ0v) is 24.3. The highest BCUT2D eigenvalue weighted by molar-refractivity contribution is 6.30. The van der Waals surface area contributed by atoms with Crippen molar-refractivity contribution < 1.29 is 34.0 Å². The third kappa shape index (κ3) is 7.30. The molecule has 0 bridgehead atoms. The maximum absolute atomic E-state index is 13.4. The van der Waals surface area contributed by atoms with E-state index >= 15 is 0 Å². The Labute approximate surface area is 258 Å². The molecule has 3 N–H and O–H groups in total. The van der Waals surface area contributed by atoms with Crippen LogP contribution in [0, 0.1) is 11.3 Å². The molecular formula is C32H30ClN3O8. The monoisotopic (exact) mass is 619 g/mol. The Kier molecular flexibility index (Phi) is 9.99. The maximum Gasteiger partial charge on any atom is 0.323 e. The molecule has 0 amide bonds. The first-order valence-electron chi connectivity index (χ1n) is 13.9. The quantitative estimate of drug-likeness (QED) is 0.275. The number of aliphatic hydroxyl groups excluding tert-OH is 1. The number of hydrogen-bond donors (Lipinski definition) is 3. The number of carbonyl (C=O) groups is 1. The van der Waals surface area contributed by atoms with E-state index in [0.717, 1.165) is 5.56 Å². The standard InChI is InChI=1S/C32H30ClN3O8/c33-25-12-23(16-35-26(17-37)32(39)40)28(43-18-21-4-1-3-20(11-21)15-34)14-29(25)44-19-22-5-2-8-36(31(22)38)24-6-7-27-30(13-24)42-10-9-41-27/h1-8,11-13,26,29,35,37H,9-10,14,16-19H2,(H,39,40)/t26-,29?/m1/s1. The predicted molar refractivity (Wildman–Crippen MR) is 160 cm³/mol. The predicted octanol–water partition coefficient (Wildman–Crippen LogP) is 3.40. The normalized spacial score (nSPS) is 16.6. The zero-order valence-electron chi connectivity index (χ0n) is 23.6. The Bertz CT molecular complexity index is 1690. The van der Waals surface area contributed by atoms with E-state index in [2.05, 4.69) is 11.4 Å². The summed E-state index contributed by atoms with van der Waals surface area (Å²) in [5.74, 6) is 0.498. The van der Waals surface area contributed by atoms with Crippen molar-refractivity contribution in [1.29, 1.82) is 5.26 Å². The summed E-state index contributed by atoms with van der Waals surface area (Å²) in [7, 11) is 0. The molecule has 1 aliphatic heterocycles. The summed E-state index contributed by atoms with van der Waals surface area (Å²) in [4.78, 5) is 24.8. The number of ether oxygens (including phenoxy) is 4. The smallest absolute Gasteiger partial charge is 0.323 e. The minimum absolute atomic E-state index is 0.0321. The van der Waals surface area contributed by atoms with E-state index in [0.29, 0.717) is 57.9 Å². The van der Waals surface area contributed by atoms with Crippen LogP contribution in [0.1, 0.15) is 23.1 Å². The number of nitrogens with zero attached hydrogens (tertiary/aromatic N) is 2. The van der Waals surface area contributed by atoms with Gasteiger partial charge in [0, 0.05) is 41.4 Å². The molecule has 1 aliphatic carbocycles. The molecule has 0 saturated carbocycles. The van der Waals surface area contributed by atoms with Gasteiger partial charge in [0.2, 0.25) is 0 Å². The summed E-state index contributed by atoms with van der Waals surface area (Å²) in [5, 5.41) is 31.1. The van der Waals surface area contributed by atoms with Crippen LogP contribution in [0.3, 0.4) is 0 Å². The minimum atomic E-state index is -1.19. The molecule has 0 radical (unpaired) electrons. The van der Waals surface area contributed by atoms with Gasteiger partial charge in [0.25, 0.3) is 5.56 Å². The summed E-state index contributed by atoms with van der Waals surface area (Å²) in [6, 6.07) is 16.7. The van der Waals surface area contributed by atoms with Crippen LogP contribution >= 0.6 is 11.6 Å². The van der Waals surface area contributed by atoms with E-state index in [9.17, 15) is 25.1 Å². The van der Waals surface area contributed by atoms with Gasteiger partial charge in [-0.15, -0.1) is 0 Å². The van der Waals surface area contributed by atoms with Crippen LogP contribution < -0.4 is 20.3 Å². The van der Waals surface area contributed by atoms with Crippen molar-refractivity contribution in [2.45, 2.75) is 31.8 Å². The lowest BCUT2D eigenvalue weighted by atomic mass is 10.0. The second-order valence-corrected chi connectivity index (χ2v) is 10.5. The average Bonchev–Trinajstić information content (AvgIpc) is 3.04. The number of halogens is 1. The molecule has 2 aliphatic rings. The Hall–Kier alpha value is -4.60. The molecule has 0 saturated heterocycles. The first-order chi connectivity index (χ1) is 21.4. The first-order valence-corrected chi connectivity index (χ1v) is 14.2. The van der Waals surface area contributed by atoms with E-state index in [1.807, 2.05) is 6.07 Å². The summed E-state index contributed by atoms with van der Waals surface area (Å²) in [6.07, 6.45) is 2.87. The molecule has 2 atom stereocenters. The van der Waals surface area contributed by atoms with Gasteiger partial charge in [0.05, 0.1) is 30.5 Å². The van der Waals surface area contributed by atoms with Crippen LogP contribution in [0.15, 0.2) is 88.0 Å². The van der Waals surface area contributed by atoms with Crippen molar-refractivity contribution in [3.63, 3.8) is 0 Å². The SMILES string of the molecule is N#Cc1cccc(COC2=C(CN[C@H](CO)C(=O)O)C=C(Cl)C(OCc3cccn(-c4ccc5c(c4)OCCO5)c3=O)C2)c1. The van der Waals surface area contributed by atoms with Gasteiger partial charge in [-0.2, -0.15) is 5.26 Å². The number of rotatable bonds is 12. The lowest BCUT2D eigenvalue weighted by molar-refractivity contribution is -0.140. The van der Waals surface area contributed by atoms with Crippen LogP contribution in [-0.4, -0.2) is 59.3 Å². The number of hydrogen-bond acceptors (Lipinski definition) is 9. The fourth-order valence-electron chi connectivity index (χ4n) is 4.77. The average molecular weight is 620 g/mol. The van der Waals surface area contributed by atoms with Crippen LogP contribution in [0.4, 0.5) is 0 Å². The number of nitriles is 1. The Morgan fingerprint density at radius 2 is 1.95 bits per heavy atom. The van der Waals surface area contributed by atoms with Crippen molar-refractivity contribution in [2.75, 3.05) is 26.4 Å². The number of pyridine rings is 1. The molecule has 0 spiro atoms. The maximum atomic E-state index is 13.4. The second kappa shape index (κ2) is 14.2. The van der Waals surface area contributed by atoms with E-state index in [-0.39, 0.29) is 31.7 Å². The van der Waals surface area contributed by atoms with E-state index in [1.54, 1.807) is 60.8 Å². The molecular weight excluding hydrogens is 590 g/mol. The summed E-state index contributed by atoms with van der Waals surface area (Å²) < 4.78 is 25.0. The number of fused-ring (bicyclic) bond motifs is 1. The molecule has 0 fully saturated rings. The highest BCUT2D eigenvalue weighted by Gasteiger charge is 2.26. The lowest BCUT2D eigenvalue weighted by Gasteiger charge is -2.26. The van der Waals surface area contributed by atoms with E-state index in [4.69, 9.17) is 30.5 Å². The summed E-state index contributed by atoms with van der Waals surface area (Å²) in [5.41, 5.74) is 2.61. The van der Waals surface area contributed by atoms with Gasteiger partial charge in [-0.05, 0) is 48.0 Å². The highest BCUT2D eigenvalue weighted by atomic mass is 35.5. The largest absolute Gasteiger partial charge is 0.493 e. The van der Waals surface area contributed by atoms with E-state index in [1.165, 1.54) is 4.57 Å². The Balaban J connectivity index is 1.32. The highest BCUT2D eigenvalue weighted by Crippen LogP contribution is 2.32. The Morgan fingerprint density at radius 3 is 2.73 bits per heavy atom. The van der Waals surface area contributed by atoms with Crippen LogP contribution in [0.5, 0.6) is 11.5 Å². The fourth-order valence-corrected chi connectivity index (χ4v) is 5.04. The topological polar surface area (TPSA) is 152 Å². The molecule has 44 heavy (non-hydrogen) atoms. The van der Waals surface area contributed by atoms with Crippen molar-refractivity contribution in [1.82, 2.24) is 9.88 Å².